The zero-order chi connectivity index (χ0) is 32.4. The summed E-state index contributed by atoms with van der Waals surface area (Å²) < 4.78 is 2.37. The number of hydrogen-bond acceptors (Lipinski definition) is 3. The largest absolute Gasteiger partial charge is 0.226 e. The van der Waals surface area contributed by atoms with Gasteiger partial charge in [-0.15, -0.1) is 11.3 Å². The highest BCUT2D eigenvalue weighted by atomic mass is 32.1. The van der Waals surface area contributed by atoms with Crippen LogP contribution in [0, 0.1) is 0 Å². The Morgan fingerprint density at radius 3 is 2.04 bits per heavy atom. The van der Waals surface area contributed by atoms with Gasteiger partial charge in [-0.05, 0) is 69.5 Å². The zero-order valence-corrected chi connectivity index (χ0v) is 28.0. The van der Waals surface area contributed by atoms with Crippen LogP contribution in [0.5, 0.6) is 0 Å². The van der Waals surface area contributed by atoms with Gasteiger partial charge >= 0.3 is 0 Å². The molecule has 1 saturated carbocycles. The predicted octanol–water partition coefficient (Wildman–Crippen LogP) is 12.7. The summed E-state index contributed by atoms with van der Waals surface area (Å²) in [7, 11) is 0. The summed E-state index contributed by atoms with van der Waals surface area (Å²) in [6, 6.07) is 53.1. The molecule has 10 rings (SSSR count). The minimum absolute atomic E-state index is 0.117. The fraction of sp³-hybridized carbons (Fsp3) is 0.130. The maximum absolute atomic E-state index is 5.18. The zero-order valence-electron chi connectivity index (χ0n) is 27.2. The number of benzene rings is 6. The van der Waals surface area contributed by atoms with Crippen LogP contribution in [0.15, 0.2) is 146 Å². The minimum atomic E-state index is 0.117. The van der Waals surface area contributed by atoms with Gasteiger partial charge in [0, 0.05) is 26.6 Å². The standard InChI is InChI=1S/C46H34N2S/c1-3-13-31(14-4-1)42-44-43(38-18-6-8-22-40(38)49-44)48-45(47-42)32-25-23-30(24-26-32)33-15-11-16-34(29-33)35-19-12-20-37-36-17-5-7-21-39(36)46(41(35)37)27-9-2-10-28-46/h1,3-8,11-26,29H,2,9-10,27-28H2. The second kappa shape index (κ2) is 11.4. The Kier molecular flexibility index (Phi) is 6.63. The lowest BCUT2D eigenvalue weighted by molar-refractivity contribution is 0.353. The second-order valence-electron chi connectivity index (χ2n) is 13.6. The summed E-state index contributed by atoms with van der Waals surface area (Å²) in [6.45, 7) is 0. The summed E-state index contributed by atoms with van der Waals surface area (Å²) in [6.07, 6.45) is 6.39. The Hall–Kier alpha value is -5.38. The number of thiophene rings is 1. The van der Waals surface area contributed by atoms with Crippen molar-refractivity contribution in [2.45, 2.75) is 37.5 Å². The molecule has 8 aromatic rings. The molecule has 0 amide bonds. The number of aromatic nitrogens is 2. The van der Waals surface area contributed by atoms with Crippen LogP contribution in [0.4, 0.5) is 0 Å². The van der Waals surface area contributed by atoms with Crippen molar-refractivity contribution < 1.29 is 0 Å². The van der Waals surface area contributed by atoms with Gasteiger partial charge in [-0.3, -0.25) is 0 Å². The summed E-state index contributed by atoms with van der Waals surface area (Å²) >= 11 is 1.77. The van der Waals surface area contributed by atoms with E-state index < -0.39 is 0 Å². The van der Waals surface area contributed by atoms with Crippen LogP contribution >= 0.6 is 11.3 Å². The highest BCUT2D eigenvalue weighted by Gasteiger charge is 2.45. The Balaban J connectivity index is 1.05. The van der Waals surface area contributed by atoms with Crippen LogP contribution in [0.2, 0.25) is 0 Å². The van der Waals surface area contributed by atoms with Gasteiger partial charge in [0.2, 0.25) is 0 Å². The fourth-order valence-corrected chi connectivity index (χ4v) is 9.82. The molecule has 2 aromatic heterocycles. The Morgan fingerprint density at radius 2 is 1.16 bits per heavy atom. The van der Waals surface area contributed by atoms with Crippen molar-refractivity contribution >= 4 is 31.6 Å². The lowest BCUT2D eigenvalue weighted by atomic mass is 9.66. The van der Waals surface area contributed by atoms with Gasteiger partial charge in [0.25, 0.3) is 0 Å². The van der Waals surface area contributed by atoms with Crippen molar-refractivity contribution in [3.8, 4) is 56.0 Å². The van der Waals surface area contributed by atoms with Crippen molar-refractivity contribution in [2.75, 3.05) is 0 Å². The SMILES string of the molecule is c1ccc(-c2nc(-c3ccc(-c4cccc(-c5cccc6c5C5(CCCCC5)c5ccccc5-6)c4)cc3)nc3c2sc2ccccc23)cc1. The van der Waals surface area contributed by atoms with Gasteiger partial charge in [-0.1, -0.05) is 153 Å². The van der Waals surface area contributed by atoms with E-state index in [1.807, 2.05) is 0 Å². The molecule has 6 aromatic carbocycles. The smallest absolute Gasteiger partial charge is 0.160 e. The van der Waals surface area contributed by atoms with Crippen LogP contribution in [0.25, 0.3) is 76.3 Å². The Morgan fingerprint density at radius 1 is 0.490 bits per heavy atom. The molecule has 0 radical (unpaired) electrons. The topological polar surface area (TPSA) is 25.8 Å². The molecule has 49 heavy (non-hydrogen) atoms. The molecule has 1 spiro atoms. The van der Waals surface area contributed by atoms with Crippen molar-refractivity contribution in [1.82, 2.24) is 9.97 Å². The normalized spacial score (nSPS) is 14.7. The van der Waals surface area contributed by atoms with Crippen LogP contribution < -0.4 is 0 Å². The third-order valence-corrected chi connectivity index (χ3v) is 12.1. The second-order valence-corrected chi connectivity index (χ2v) is 14.7. The lowest BCUT2D eigenvalue weighted by Crippen LogP contribution is -2.28. The van der Waals surface area contributed by atoms with E-state index >= 15 is 0 Å². The van der Waals surface area contributed by atoms with E-state index in [0.29, 0.717) is 0 Å². The number of nitrogens with zero attached hydrogens (tertiary/aromatic N) is 2. The first-order valence-electron chi connectivity index (χ1n) is 17.5. The molecule has 3 heteroatoms. The van der Waals surface area contributed by atoms with Crippen LogP contribution in [-0.4, -0.2) is 9.97 Å². The first kappa shape index (κ1) is 28.6. The van der Waals surface area contributed by atoms with Gasteiger partial charge in [0.05, 0.1) is 15.9 Å². The summed E-state index contributed by atoms with van der Waals surface area (Å²) in [5, 5.41) is 1.18. The predicted molar refractivity (Wildman–Crippen MR) is 206 cm³/mol. The molecule has 0 bridgehead atoms. The monoisotopic (exact) mass is 646 g/mol. The van der Waals surface area contributed by atoms with Crippen LogP contribution in [0.3, 0.4) is 0 Å². The van der Waals surface area contributed by atoms with Crippen molar-refractivity contribution in [2.24, 2.45) is 0 Å². The van der Waals surface area contributed by atoms with E-state index in [4.69, 9.17) is 9.97 Å². The van der Waals surface area contributed by atoms with E-state index in [0.717, 1.165) is 32.9 Å². The third kappa shape index (κ3) is 4.53. The minimum Gasteiger partial charge on any atom is -0.226 e. The van der Waals surface area contributed by atoms with E-state index in [-0.39, 0.29) is 5.41 Å². The molecule has 1 fully saturated rings. The van der Waals surface area contributed by atoms with E-state index in [1.54, 1.807) is 16.9 Å². The van der Waals surface area contributed by atoms with Crippen LogP contribution in [-0.2, 0) is 5.41 Å². The number of hydrogen-bond donors (Lipinski definition) is 0. The maximum atomic E-state index is 5.18. The summed E-state index contributed by atoms with van der Waals surface area (Å²) in [5.74, 6) is 0.757. The van der Waals surface area contributed by atoms with E-state index in [9.17, 15) is 0 Å². The molecule has 0 saturated heterocycles. The van der Waals surface area contributed by atoms with Crippen LogP contribution in [0.1, 0.15) is 43.2 Å². The number of rotatable bonds is 4. The van der Waals surface area contributed by atoms with E-state index in [2.05, 4.69) is 146 Å². The Labute approximate surface area is 290 Å². The summed E-state index contributed by atoms with van der Waals surface area (Å²) in [5.41, 5.74) is 15.3. The summed E-state index contributed by atoms with van der Waals surface area (Å²) in [4.78, 5) is 10.4. The molecule has 0 aliphatic heterocycles. The van der Waals surface area contributed by atoms with Crippen molar-refractivity contribution in [3.05, 3.63) is 157 Å². The van der Waals surface area contributed by atoms with Gasteiger partial charge < -0.3 is 0 Å². The molecular weight excluding hydrogens is 613 g/mol. The lowest BCUT2D eigenvalue weighted by Gasteiger charge is -2.37. The molecular formula is C46H34N2S. The highest BCUT2D eigenvalue weighted by Crippen LogP contribution is 2.58. The molecule has 0 N–H and O–H groups in total. The fourth-order valence-electron chi connectivity index (χ4n) is 8.67. The van der Waals surface area contributed by atoms with Gasteiger partial charge in [0.15, 0.2) is 5.82 Å². The average Bonchev–Trinajstić information content (AvgIpc) is 3.69. The van der Waals surface area contributed by atoms with Gasteiger partial charge in [-0.25, -0.2) is 9.97 Å². The maximum Gasteiger partial charge on any atom is 0.160 e. The molecule has 0 unspecified atom stereocenters. The first-order chi connectivity index (χ1) is 24.3. The molecule has 2 aliphatic rings. The van der Waals surface area contributed by atoms with E-state index in [1.165, 1.54) is 81.1 Å². The number of fused-ring (bicyclic) bond motifs is 8. The Bertz CT molecular complexity index is 2520. The molecule has 2 aliphatic carbocycles. The van der Waals surface area contributed by atoms with Crippen molar-refractivity contribution in [1.29, 1.82) is 0 Å². The molecule has 2 heterocycles. The highest BCUT2D eigenvalue weighted by molar-refractivity contribution is 7.26. The molecule has 234 valence electrons. The first-order valence-corrected chi connectivity index (χ1v) is 18.3. The quantitative estimate of drug-likeness (QED) is 0.190. The van der Waals surface area contributed by atoms with Crippen molar-refractivity contribution in [3.63, 3.8) is 0 Å². The van der Waals surface area contributed by atoms with Gasteiger partial charge in [-0.2, -0.15) is 0 Å². The van der Waals surface area contributed by atoms with Gasteiger partial charge in [0.1, 0.15) is 0 Å². The molecule has 0 atom stereocenters. The average molecular weight is 647 g/mol. The third-order valence-electron chi connectivity index (χ3n) is 10.9. The molecule has 2 nitrogen and oxygen atoms in total.